The van der Waals surface area contributed by atoms with Crippen LogP contribution in [-0.2, 0) is 12.8 Å². The molecule has 0 amide bonds. The third-order valence-electron chi connectivity index (χ3n) is 1.27. The van der Waals surface area contributed by atoms with Crippen LogP contribution in [0.25, 0.3) is 0 Å². The van der Waals surface area contributed by atoms with Crippen molar-refractivity contribution in [1.29, 1.82) is 0 Å². The summed E-state index contributed by atoms with van der Waals surface area (Å²) in [4.78, 5) is 3.05. The number of halogens is 1. The second-order valence-electron chi connectivity index (χ2n) is 1.95. The van der Waals surface area contributed by atoms with Crippen LogP contribution >= 0.6 is 20.7 Å². The van der Waals surface area contributed by atoms with Crippen LogP contribution in [0.2, 0.25) is 0 Å². The summed E-state index contributed by atoms with van der Waals surface area (Å²) in [5.74, 6) is 0. The minimum atomic E-state index is 0. The van der Waals surface area contributed by atoms with Crippen molar-refractivity contribution in [3.05, 3.63) is 15.8 Å². The SMILES string of the molecule is CCc1cc(CC)[s+]s1.[Br-]. The van der Waals surface area contributed by atoms with Crippen molar-refractivity contribution in [1.82, 2.24) is 0 Å². The van der Waals surface area contributed by atoms with Gasteiger partial charge in [0.2, 0.25) is 4.88 Å². The molecule has 0 radical (unpaired) electrons. The van der Waals surface area contributed by atoms with Crippen LogP contribution < -0.4 is 17.0 Å². The molecule has 0 fully saturated rings. The number of aryl methyl sites for hydroxylation is 2. The molecular formula is C7H11BrS2. The monoisotopic (exact) mass is 238 g/mol. The Hall–Kier alpha value is 0.530. The summed E-state index contributed by atoms with van der Waals surface area (Å²) >= 11 is 0. The molecule has 1 rings (SSSR count). The first-order valence-electron chi connectivity index (χ1n) is 3.27. The van der Waals surface area contributed by atoms with E-state index in [0.29, 0.717) is 0 Å². The van der Waals surface area contributed by atoms with Gasteiger partial charge in [-0.3, -0.25) is 0 Å². The predicted octanol–water partition coefficient (Wildman–Crippen LogP) is 0.219. The van der Waals surface area contributed by atoms with E-state index in [1.807, 2.05) is 20.7 Å². The van der Waals surface area contributed by atoms with Crippen LogP contribution in [0.5, 0.6) is 0 Å². The Kier molecular flexibility index (Phi) is 5.49. The van der Waals surface area contributed by atoms with E-state index in [1.165, 1.54) is 22.6 Å². The molecule has 0 aliphatic carbocycles. The molecule has 0 unspecified atom stereocenters. The zero-order chi connectivity index (χ0) is 6.69. The van der Waals surface area contributed by atoms with Gasteiger partial charge in [0.15, 0.2) is 10.3 Å². The predicted molar refractivity (Wildman–Crippen MR) is 45.4 cm³/mol. The van der Waals surface area contributed by atoms with Gasteiger partial charge in [-0.15, -0.1) is 0 Å². The molecule has 0 saturated carbocycles. The fourth-order valence-electron chi connectivity index (χ4n) is 0.657. The first-order valence-corrected chi connectivity index (χ1v) is 5.42. The van der Waals surface area contributed by atoms with Gasteiger partial charge in [0.1, 0.15) is 0 Å². The standard InChI is InChI=1S/C7H11S2.BrH/c1-3-6-5-7(4-2)9-8-6;/h5H,3-4H2,1-2H3;1H/q+1;/p-1. The summed E-state index contributed by atoms with van der Waals surface area (Å²) in [6.07, 6.45) is 2.39. The van der Waals surface area contributed by atoms with Crippen molar-refractivity contribution in [3.8, 4) is 0 Å². The zero-order valence-corrected chi connectivity index (χ0v) is 9.41. The number of hydrogen-bond acceptors (Lipinski definition) is 1. The zero-order valence-electron chi connectivity index (χ0n) is 6.19. The Bertz CT molecular complexity index is 165. The minimum absolute atomic E-state index is 0. The van der Waals surface area contributed by atoms with Crippen molar-refractivity contribution in [3.63, 3.8) is 0 Å². The highest BCUT2D eigenvalue weighted by Gasteiger charge is 2.08. The molecule has 0 saturated heterocycles. The van der Waals surface area contributed by atoms with Crippen LogP contribution in [0.1, 0.15) is 23.6 Å². The summed E-state index contributed by atoms with van der Waals surface area (Å²) in [6.45, 7) is 4.41. The van der Waals surface area contributed by atoms with Crippen molar-refractivity contribution >= 4 is 20.7 Å². The van der Waals surface area contributed by atoms with E-state index in [4.69, 9.17) is 0 Å². The van der Waals surface area contributed by atoms with E-state index in [0.717, 1.165) is 0 Å². The number of rotatable bonds is 2. The van der Waals surface area contributed by atoms with E-state index in [-0.39, 0.29) is 17.0 Å². The quantitative estimate of drug-likeness (QED) is 0.511. The normalized spacial score (nSPS) is 9.00. The molecule has 0 aliphatic rings. The molecule has 0 aliphatic heterocycles. The first kappa shape index (κ1) is 10.5. The fourth-order valence-corrected chi connectivity index (χ4v) is 3.20. The highest BCUT2D eigenvalue weighted by Crippen LogP contribution is 2.22. The van der Waals surface area contributed by atoms with Gasteiger partial charge in [-0.2, -0.15) is 0 Å². The molecule has 1 heterocycles. The maximum atomic E-state index is 2.31. The van der Waals surface area contributed by atoms with Crippen LogP contribution in [-0.4, -0.2) is 0 Å². The maximum absolute atomic E-state index is 2.31. The summed E-state index contributed by atoms with van der Waals surface area (Å²) in [6, 6.07) is 2.31. The van der Waals surface area contributed by atoms with Crippen LogP contribution in [0.3, 0.4) is 0 Å². The second kappa shape index (κ2) is 5.22. The van der Waals surface area contributed by atoms with Gasteiger partial charge in [-0.25, -0.2) is 0 Å². The van der Waals surface area contributed by atoms with E-state index < -0.39 is 0 Å². The molecule has 10 heavy (non-hydrogen) atoms. The average Bonchev–Trinajstić information content (AvgIpc) is 2.34. The van der Waals surface area contributed by atoms with Gasteiger partial charge in [0, 0.05) is 12.5 Å². The molecule has 0 atom stereocenters. The highest BCUT2D eigenvalue weighted by atomic mass is 79.9. The number of hydrogen-bond donors (Lipinski definition) is 0. The molecule has 0 N–H and O–H groups in total. The summed E-state index contributed by atoms with van der Waals surface area (Å²) < 4.78 is 0. The van der Waals surface area contributed by atoms with Gasteiger partial charge < -0.3 is 17.0 Å². The third kappa shape index (κ3) is 2.64. The smallest absolute Gasteiger partial charge is 0.295 e. The van der Waals surface area contributed by atoms with Gasteiger partial charge in [-0.1, -0.05) is 13.8 Å². The molecule has 1 aromatic rings. The molecule has 0 spiro atoms. The Labute approximate surface area is 80.1 Å². The van der Waals surface area contributed by atoms with Crippen molar-refractivity contribution < 1.29 is 17.0 Å². The maximum Gasteiger partial charge on any atom is 0.295 e. The largest absolute Gasteiger partial charge is 1.00 e. The van der Waals surface area contributed by atoms with Crippen LogP contribution in [0, 0.1) is 0 Å². The summed E-state index contributed by atoms with van der Waals surface area (Å²) in [5, 5.41) is 0. The Morgan fingerprint density at radius 2 is 2.10 bits per heavy atom. The van der Waals surface area contributed by atoms with Crippen molar-refractivity contribution in [2.24, 2.45) is 0 Å². The van der Waals surface area contributed by atoms with E-state index in [1.54, 1.807) is 0 Å². The van der Waals surface area contributed by atoms with Gasteiger partial charge >= 0.3 is 0 Å². The molecule has 0 bridgehead atoms. The Balaban J connectivity index is 0.000000810. The fraction of sp³-hybridized carbons (Fsp3) is 0.571. The lowest BCUT2D eigenvalue weighted by atomic mass is 10.3. The van der Waals surface area contributed by atoms with E-state index in [2.05, 4.69) is 19.9 Å². The Morgan fingerprint density at radius 1 is 1.40 bits per heavy atom. The van der Waals surface area contributed by atoms with Crippen LogP contribution in [0.4, 0.5) is 0 Å². The lowest BCUT2D eigenvalue weighted by Crippen LogP contribution is -3.00. The van der Waals surface area contributed by atoms with E-state index >= 15 is 0 Å². The molecule has 3 heteroatoms. The average molecular weight is 239 g/mol. The third-order valence-corrected chi connectivity index (χ3v) is 4.13. The lowest BCUT2D eigenvalue weighted by Gasteiger charge is -1.74. The molecule has 1 aromatic heterocycles. The van der Waals surface area contributed by atoms with E-state index in [9.17, 15) is 0 Å². The Morgan fingerprint density at radius 3 is 2.40 bits per heavy atom. The lowest BCUT2D eigenvalue weighted by molar-refractivity contribution is -0.00000181. The highest BCUT2D eigenvalue weighted by molar-refractivity contribution is 7.69. The van der Waals surface area contributed by atoms with Crippen molar-refractivity contribution in [2.75, 3.05) is 0 Å². The van der Waals surface area contributed by atoms with Crippen molar-refractivity contribution in [2.45, 2.75) is 26.7 Å². The topological polar surface area (TPSA) is 0 Å². The van der Waals surface area contributed by atoms with Crippen LogP contribution in [0.15, 0.2) is 6.07 Å². The molecule has 0 nitrogen and oxygen atoms in total. The molecular weight excluding hydrogens is 228 g/mol. The first-order chi connectivity index (χ1) is 4.36. The summed E-state index contributed by atoms with van der Waals surface area (Å²) in [7, 11) is 3.83. The summed E-state index contributed by atoms with van der Waals surface area (Å²) in [5.41, 5.74) is 0. The molecule has 0 aromatic carbocycles. The minimum Gasteiger partial charge on any atom is -1.00 e. The molecule has 58 valence electrons. The van der Waals surface area contributed by atoms with Gasteiger partial charge in [0.25, 0.3) is 10.3 Å². The van der Waals surface area contributed by atoms with Gasteiger partial charge in [0.05, 0.1) is 4.88 Å². The second-order valence-corrected chi connectivity index (χ2v) is 4.33. The van der Waals surface area contributed by atoms with Gasteiger partial charge in [-0.05, 0) is 6.42 Å².